The van der Waals surface area contributed by atoms with Gasteiger partial charge in [-0.3, -0.25) is 4.90 Å². The van der Waals surface area contributed by atoms with E-state index in [4.69, 9.17) is 17.0 Å². The molecule has 1 fully saturated rings. The minimum absolute atomic E-state index is 0.0922. The van der Waals surface area contributed by atoms with Gasteiger partial charge in [0, 0.05) is 31.1 Å². The van der Waals surface area contributed by atoms with Crippen molar-refractivity contribution in [3.05, 3.63) is 58.3 Å². The number of thiophene rings is 1. The Kier molecular flexibility index (Phi) is 6.60. The highest BCUT2D eigenvalue weighted by molar-refractivity contribution is 7.80. The third-order valence-corrected chi connectivity index (χ3v) is 5.25. The van der Waals surface area contributed by atoms with Crippen molar-refractivity contribution in [1.29, 1.82) is 0 Å². The lowest BCUT2D eigenvalue weighted by Gasteiger charge is -2.27. The number of rotatable bonds is 6. The first-order valence-corrected chi connectivity index (χ1v) is 9.54. The fraction of sp³-hybridized carbons (Fsp3) is 0.389. The molecule has 2 aromatic rings. The normalized spacial score (nSPS) is 16.5. The molecule has 1 aliphatic heterocycles. The summed E-state index contributed by atoms with van der Waals surface area (Å²) in [7, 11) is 0. The number of ether oxygens (including phenoxy) is 1. The summed E-state index contributed by atoms with van der Waals surface area (Å²) < 4.78 is 5.37. The summed E-state index contributed by atoms with van der Waals surface area (Å²) in [5.74, 6) is 0. The number of morpholine rings is 1. The molecular weight excluding hydrogens is 338 g/mol. The van der Waals surface area contributed by atoms with E-state index in [1.54, 1.807) is 11.3 Å². The fourth-order valence-electron chi connectivity index (χ4n) is 2.75. The molecule has 0 spiro atoms. The average Bonchev–Trinajstić information content (AvgIpc) is 3.16. The van der Waals surface area contributed by atoms with Crippen molar-refractivity contribution in [2.24, 2.45) is 0 Å². The average molecular weight is 362 g/mol. The van der Waals surface area contributed by atoms with Crippen LogP contribution in [0.1, 0.15) is 16.5 Å². The lowest BCUT2D eigenvalue weighted by molar-refractivity contribution is 0.0389. The van der Waals surface area contributed by atoms with E-state index in [0.29, 0.717) is 5.11 Å². The molecule has 0 aliphatic carbocycles. The lowest BCUT2D eigenvalue weighted by Crippen LogP contribution is -2.44. The zero-order valence-corrected chi connectivity index (χ0v) is 15.2. The van der Waals surface area contributed by atoms with Crippen LogP contribution >= 0.6 is 23.6 Å². The van der Waals surface area contributed by atoms with Gasteiger partial charge in [-0.2, -0.15) is 0 Å². The van der Waals surface area contributed by atoms with Crippen LogP contribution in [0.4, 0.5) is 0 Å². The van der Waals surface area contributed by atoms with Crippen LogP contribution in [0.5, 0.6) is 0 Å². The highest BCUT2D eigenvalue weighted by Crippen LogP contribution is 2.25. The quantitative estimate of drug-likeness (QED) is 0.774. The largest absolute Gasteiger partial charge is 0.379 e. The Morgan fingerprint density at radius 1 is 1.17 bits per heavy atom. The fourth-order valence-corrected chi connectivity index (χ4v) is 3.78. The van der Waals surface area contributed by atoms with Gasteiger partial charge in [0.2, 0.25) is 0 Å². The number of hydrogen-bond donors (Lipinski definition) is 2. The SMILES string of the molecule is S=C(NCCN1CCOCC1)N[C@@H](c1ccccc1)c1cccs1. The molecule has 1 atom stereocenters. The van der Waals surface area contributed by atoms with Gasteiger partial charge in [0.05, 0.1) is 19.3 Å². The molecule has 2 heterocycles. The van der Waals surface area contributed by atoms with E-state index < -0.39 is 0 Å². The van der Waals surface area contributed by atoms with Gasteiger partial charge < -0.3 is 15.4 Å². The zero-order valence-electron chi connectivity index (χ0n) is 13.6. The number of benzene rings is 1. The minimum atomic E-state index is 0.0922. The van der Waals surface area contributed by atoms with Crippen molar-refractivity contribution in [1.82, 2.24) is 15.5 Å². The molecule has 0 radical (unpaired) electrons. The third-order valence-electron chi connectivity index (χ3n) is 4.05. The maximum Gasteiger partial charge on any atom is 0.167 e. The molecule has 0 bridgehead atoms. The molecule has 3 rings (SSSR count). The van der Waals surface area contributed by atoms with Crippen LogP contribution < -0.4 is 10.6 Å². The standard InChI is InChI=1S/C18H23N3OS2/c23-18(19-8-9-21-10-12-22-13-11-21)20-17(16-7-4-14-24-16)15-5-2-1-3-6-15/h1-7,14,17H,8-13H2,(H2,19,20,23)/t17-/m0/s1. The second-order valence-corrected chi connectivity index (χ2v) is 7.10. The maximum absolute atomic E-state index is 5.51. The second kappa shape index (κ2) is 9.13. The zero-order chi connectivity index (χ0) is 16.6. The summed E-state index contributed by atoms with van der Waals surface area (Å²) in [6.07, 6.45) is 0. The molecule has 2 N–H and O–H groups in total. The van der Waals surface area contributed by atoms with E-state index in [2.05, 4.69) is 57.3 Å². The minimum Gasteiger partial charge on any atom is -0.379 e. The number of hydrogen-bond acceptors (Lipinski definition) is 4. The summed E-state index contributed by atoms with van der Waals surface area (Å²) >= 11 is 7.25. The number of thiocarbonyl (C=S) groups is 1. The molecule has 6 heteroatoms. The van der Waals surface area contributed by atoms with Crippen LogP contribution in [0, 0.1) is 0 Å². The van der Waals surface area contributed by atoms with Crippen LogP contribution in [0.25, 0.3) is 0 Å². The van der Waals surface area contributed by atoms with Gasteiger partial charge in [-0.15, -0.1) is 11.3 Å². The van der Waals surface area contributed by atoms with E-state index in [9.17, 15) is 0 Å². The first-order chi connectivity index (χ1) is 11.8. The second-order valence-electron chi connectivity index (χ2n) is 5.71. The molecule has 0 amide bonds. The van der Waals surface area contributed by atoms with Crippen LogP contribution in [-0.4, -0.2) is 49.4 Å². The summed E-state index contributed by atoms with van der Waals surface area (Å²) in [5.41, 5.74) is 1.22. The Labute approximate surface area is 152 Å². The Balaban J connectivity index is 1.53. The molecule has 1 saturated heterocycles. The molecule has 1 aromatic heterocycles. The van der Waals surface area contributed by atoms with Crippen LogP contribution in [0.15, 0.2) is 47.8 Å². The molecule has 24 heavy (non-hydrogen) atoms. The summed E-state index contributed by atoms with van der Waals surface area (Å²) in [6, 6.07) is 14.7. The summed E-state index contributed by atoms with van der Waals surface area (Å²) in [4.78, 5) is 3.66. The van der Waals surface area contributed by atoms with Crippen LogP contribution in [-0.2, 0) is 4.74 Å². The van der Waals surface area contributed by atoms with Crippen molar-refractivity contribution in [2.75, 3.05) is 39.4 Å². The monoisotopic (exact) mass is 361 g/mol. The summed E-state index contributed by atoms with van der Waals surface area (Å²) in [6.45, 7) is 5.50. The molecule has 1 aromatic carbocycles. The van der Waals surface area contributed by atoms with Gasteiger partial charge in [-0.05, 0) is 29.2 Å². The molecular formula is C18H23N3OS2. The van der Waals surface area contributed by atoms with Crippen LogP contribution in [0.2, 0.25) is 0 Å². The molecule has 0 saturated carbocycles. The molecule has 128 valence electrons. The van der Waals surface area contributed by atoms with Gasteiger partial charge in [0.25, 0.3) is 0 Å². The van der Waals surface area contributed by atoms with Gasteiger partial charge in [0.1, 0.15) is 0 Å². The van der Waals surface area contributed by atoms with Crippen molar-refractivity contribution in [3.63, 3.8) is 0 Å². The van der Waals surface area contributed by atoms with Gasteiger partial charge in [-0.25, -0.2) is 0 Å². The van der Waals surface area contributed by atoms with E-state index in [1.165, 1.54) is 10.4 Å². The predicted molar refractivity (Wildman–Crippen MR) is 104 cm³/mol. The van der Waals surface area contributed by atoms with Crippen molar-refractivity contribution < 1.29 is 4.74 Å². The smallest absolute Gasteiger partial charge is 0.167 e. The first kappa shape index (κ1) is 17.4. The first-order valence-electron chi connectivity index (χ1n) is 8.26. The maximum atomic E-state index is 5.51. The van der Waals surface area contributed by atoms with Crippen molar-refractivity contribution >= 4 is 28.7 Å². The molecule has 4 nitrogen and oxygen atoms in total. The third kappa shape index (κ3) is 5.01. The van der Waals surface area contributed by atoms with Crippen LogP contribution in [0.3, 0.4) is 0 Å². The predicted octanol–water partition coefficient (Wildman–Crippen LogP) is 2.63. The molecule has 0 unspecified atom stereocenters. The number of nitrogens with zero attached hydrogens (tertiary/aromatic N) is 1. The van der Waals surface area contributed by atoms with Crippen molar-refractivity contribution in [3.8, 4) is 0 Å². The topological polar surface area (TPSA) is 36.5 Å². The Hall–Kier alpha value is -1.47. The van der Waals surface area contributed by atoms with E-state index in [-0.39, 0.29) is 6.04 Å². The van der Waals surface area contributed by atoms with Gasteiger partial charge in [0.15, 0.2) is 5.11 Å². The van der Waals surface area contributed by atoms with Gasteiger partial charge in [-0.1, -0.05) is 36.4 Å². The van der Waals surface area contributed by atoms with E-state index >= 15 is 0 Å². The van der Waals surface area contributed by atoms with Gasteiger partial charge >= 0.3 is 0 Å². The highest BCUT2D eigenvalue weighted by atomic mass is 32.1. The van der Waals surface area contributed by atoms with E-state index in [1.807, 2.05) is 6.07 Å². The highest BCUT2D eigenvalue weighted by Gasteiger charge is 2.16. The lowest BCUT2D eigenvalue weighted by atomic mass is 10.1. The Morgan fingerprint density at radius 3 is 2.67 bits per heavy atom. The summed E-state index contributed by atoms with van der Waals surface area (Å²) in [5, 5.41) is 9.59. The Morgan fingerprint density at radius 2 is 1.96 bits per heavy atom. The molecule has 1 aliphatic rings. The van der Waals surface area contributed by atoms with Crippen molar-refractivity contribution in [2.45, 2.75) is 6.04 Å². The van der Waals surface area contributed by atoms with E-state index in [0.717, 1.165) is 39.4 Å². The number of nitrogens with one attached hydrogen (secondary N) is 2. The Bertz CT molecular complexity index is 612.